The molecule has 3 rings (SSSR count). The van der Waals surface area contributed by atoms with Gasteiger partial charge in [-0.25, -0.2) is 4.39 Å². The Morgan fingerprint density at radius 3 is 2.70 bits per heavy atom. The first kappa shape index (κ1) is 18.8. The van der Waals surface area contributed by atoms with E-state index in [1.54, 1.807) is 25.6 Å². The number of nitrogens with one attached hydrogen (secondary N) is 1. The van der Waals surface area contributed by atoms with Crippen molar-refractivity contribution < 1.29 is 9.13 Å². The smallest absolute Gasteiger partial charge is 0.137 e. The number of rotatable bonds is 7. The summed E-state index contributed by atoms with van der Waals surface area (Å²) < 4.78 is 18.8. The molecular weight excluding hydrogens is 341 g/mol. The van der Waals surface area contributed by atoms with Gasteiger partial charge >= 0.3 is 0 Å². The Balaban J connectivity index is 2.02. The van der Waals surface area contributed by atoms with Gasteiger partial charge < -0.3 is 10.1 Å². The van der Waals surface area contributed by atoms with E-state index in [9.17, 15) is 4.39 Å². The highest BCUT2D eigenvalue weighted by Gasteiger charge is 2.12. The summed E-state index contributed by atoms with van der Waals surface area (Å²) in [7, 11) is 1.62. The summed E-state index contributed by atoms with van der Waals surface area (Å²) in [5.41, 5.74) is 4.25. The predicted octanol–water partition coefficient (Wildman–Crippen LogP) is 5.94. The third kappa shape index (κ3) is 4.82. The molecule has 2 heterocycles. The second-order valence-electron chi connectivity index (χ2n) is 6.60. The first-order chi connectivity index (χ1) is 13.1. The number of aromatic nitrogens is 2. The molecule has 1 unspecified atom stereocenters. The van der Waals surface area contributed by atoms with Crippen molar-refractivity contribution in [2.75, 3.05) is 12.4 Å². The van der Waals surface area contributed by atoms with E-state index in [2.05, 4.69) is 24.1 Å². The van der Waals surface area contributed by atoms with Crippen LogP contribution < -0.4 is 10.1 Å². The maximum atomic E-state index is 13.5. The Hall–Kier alpha value is -2.95. The lowest BCUT2D eigenvalue weighted by atomic mass is 10.00. The molecule has 0 radical (unpaired) electrons. The quantitative estimate of drug-likeness (QED) is 0.563. The van der Waals surface area contributed by atoms with Gasteiger partial charge in [0.1, 0.15) is 11.6 Å². The number of hydrogen-bond donors (Lipinski definition) is 1. The minimum absolute atomic E-state index is 0.272. The van der Waals surface area contributed by atoms with Crippen molar-refractivity contribution in [3.8, 4) is 17.0 Å². The zero-order chi connectivity index (χ0) is 19.2. The molecule has 0 aliphatic carbocycles. The van der Waals surface area contributed by atoms with Crippen molar-refractivity contribution in [3.63, 3.8) is 0 Å². The Bertz CT molecular complexity index is 914. The Morgan fingerprint density at radius 1 is 1.11 bits per heavy atom. The van der Waals surface area contributed by atoms with E-state index in [0.29, 0.717) is 17.4 Å². The second-order valence-corrected chi connectivity index (χ2v) is 6.60. The third-order valence-electron chi connectivity index (χ3n) is 4.43. The van der Waals surface area contributed by atoms with E-state index in [4.69, 9.17) is 9.72 Å². The zero-order valence-electron chi connectivity index (χ0n) is 15.9. The molecule has 1 atom stereocenters. The molecule has 0 spiro atoms. The minimum atomic E-state index is -0.272. The lowest BCUT2D eigenvalue weighted by Gasteiger charge is -2.15. The number of nitrogens with zero attached hydrogens (tertiary/aromatic N) is 2. The van der Waals surface area contributed by atoms with E-state index >= 15 is 0 Å². The molecule has 27 heavy (non-hydrogen) atoms. The molecule has 140 valence electrons. The van der Waals surface area contributed by atoms with Crippen molar-refractivity contribution >= 4 is 11.4 Å². The van der Waals surface area contributed by atoms with Crippen LogP contribution in [0.5, 0.6) is 5.75 Å². The highest BCUT2D eigenvalue weighted by atomic mass is 19.1. The average Bonchev–Trinajstić information content (AvgIpc) is 2.68. The molecule has 0 saturated heterocycles. The van der Waals surface area contributed by atoms with Gasteiger partial charge in [0, 0.05) is 28.8 Å². The molecule has 5 heteroatoms. The number of ether oxygens (including phenoxy) is 1. The summed E-state index contributed by atoms with van der Waals surface area (Å²) in [5.74, 6) is 0.730. The van der Waals surface area contributed by atoms with Crippen LogP contribution in [0.3, 0.4) is 0 Å². The van der Waals surface area contributed by atoms with Crippen LogP contribution in [-0.2, 0) is 0 Å². The number of benzene rings is 1. The SMILES string of the molecule is CCCC(C)c1cc(Nc2cccc(F)c2)cc(-c2cncc(OC)c2)n1. The molecule has 3 aromatic rings. The van der Waals surface area contributed by atoms with Crippen LogP contribution in [-0.4, -0.2) is 17.1 Å². The predicted molar refractivity (Wildman–Crippen MR) is 107 cm³/mol. The van der Waals surface area contributed by atoms with Crippen LogP contribution in [0.2, 0.25) is 0 Å². The van der Waals surface area contributed by atoms with E-state index in [1.165, 1.54) is 12.1 Å². The summed E-state index contributed by atoms with van der Waals surface area (Å²) in [5, 5.41) is 3.29. The van der Waals surface area contributed by atoms with Gasteiger partial charge in [0.15, 0.2) is 0 Å². The number of anilines is 2. The molecule has 0 aliphatic rings. The molecule has 1 N–H and O–H groups in total. The highest BCUT2D eigenvalue weighted by Crippen LogP contribution is 2.30. The molecular formula is C22H24FN3O. The van der Waals surface area contributed by atoms with E-state index in [1.807, 2.05) is 24.3 Å². The van der Waals surface area contributed by atoms with Crippen molar-refractivity contribution in [2.45, 2.75) is 32.6 Å². The van der Waals surface area contributed by atoms with E-state index < -0.39 is 0 Å². The summed E-state index contributed by atoms with van der Waals surface area (Å²) in [6, 6.07) is 12.3. The second kappa shape index (κ2) is 8.62. The molecule has 0 fully saturated rings. The van der Waals surface area contributed by atoms with Gasteiger partial charge in [-0.05, 0) is 48.7 Å². The van der Waals surface area contributed by atoms with Crippen LogP contribution in [0.25, 0.3) is 11.3 Å². The van der Waals surface area contributed by atoms with Crippen LogP contribution in [0.15, 0.2) is 54.9 Å². The van der Waals surface area contributed by atoms with Gasteiger partial charge in [-0.1, -0.05) is 26.3 Å². The van der Waals surface area contributed by atoms with Crippen molar-refractivity contribution in [1.29, 1.82) is 0 Å². The van der Waals surface area contributed by atoms with Gasteiger partial charge in [0.05, 0.1) is 19.0 Å². The summed E-state index contributed by atoms with van der Waals surface area (Å²) >= 11 is 0. The first-order valence-electron chi connectivity index (χ1n) is 9.13. The molecule has 0 saturated carbocycles. The fourth-order valence-electron chi connectivity index (χ4n) is 3.01. The number of pyridine rings is 2. The van der Waals surface area contributed by atoms with E-state index in [0.717, 1.165) is 35.5 Å². The topological polar surface area (TPSA) is 47.0 Å². The van der Waals surface area contributed by atoms with Gasteiger partial charge in [0.2, 0.25) is 0 Å². The Morgan fingerprint density at radius 2 is 1.96 bits per heavy atom. The summed E-state index contributed by atoms with van der Waals surface area (Å²) in [6.45, 7) is 4.34. The lowest BCUT2D eigenvalue weighted by Crippen LogP contribution is -2.01. The molecule has 4 nitrogen and oxygen atoms in total. The Labute approximate surface area is 159 Å². The van der Waals surface area contributed by atoms with Crippen molar-refractivity contribution in [3.05, 3.63) is 66.4 Å². The van der Waals surface area contributed by atoms with Crippen LogP contribution in [0, 0.1) is 5.82 Å². The van der Waals surface area contributed by atoms with E-state index in [-0.39, 0.29) is 5.82 Å². The molecule has 0 bridgehead atoms. The first-order valence-corrected chi connectivity index (χ1v) is 9.13. The largest absolute Gasteiger partial charge is 0.495 e. The summed E-state index contributed by atoms with van der Waals surface area (Å²) in [6.07, 6.45) is 5.57. The molecule has 2 aromatic heterocycles. The fourth-order valence-corrected chi connectivity index (χ4v) is 3.01. The van der Waals surface area contributed by atoms with Gasteiger partial charge in [-0.2, -0.15) is 0 Å². The maximum Gasteiger partial charge on any atom is 0.137 e. The minimum Gasteiger partial charge on any atom is -0.495 e. The molecule has 0 amide bonds. The third-order valence-corrected chi connectivity index (χ3v) is 4.43. The maximum absolute atomic E-state index is 13.5. The normalized spacial score (nSPS) is 11.9. The Kier molecular flexibility index (Phi) is 6.01. The molecule has 0 aliphatic heterocycles. The monoisotopic (exact) mass is 365 g/mol. The van der Waals surface area contributed by atoms with Gasteiger partial charge in [0.25, 0.3) is 0 Å². The van der Waals surface area contributed by atoms with Crippen LogP contribution in [0.4, 0.5) is 15.8 Å². The van der Waals surface area contributed by atoms with Crippen LogP contribution >= 0.6 is 0 Å². The highest BCUT2D eigenvalue weighted by molar-refractivity contribution is 5.69. The average molecular weight is 365 g/mol. The number of methoxy groups -OCH3 is 1. The van der Waals surface area contributed by atoms with Crippen LogP contribution in [0.1, 0.15) is 38.3 Å². The van der Waals surface area contributed by atoms with Gasteiger partial charge in [-0.3, -0.25) is 9.97 Å². The fraction of sp³-hybridized carbons (Fsp3) is 0.273. The van der Waals surface area contributed by atoms with Gasteiger partial charge in [-0.15, -0.1) is 0 Å². The van der Waals surface area contributed by atoms with Crippen molar-refractivity contribution in [2.24, 2.45) is 0 Å². The van der Waals surface area contributed by atoms with Crippen molar-refractivity contribution in [1.82, 2.24) is 9.97 Å². The number of halogens is 1. The summed E-state index contributed by atoms with van der Waals surface area (Å²) in [4.78, 5) is 9.08. The lowest BCUT2D eigenvalue weighted by molar-refractivity contribution is 0.413. The standard InChI is InChI=1S/C22H24FN3O/c1-4-6-15(2)21-11-19(25-18-8-5-7-17(23)10-18)12-22(26-21)16-9-20(27-3)14-24-13-16/h5,7-15H,4,6H2,1-3H3,(H,25,26). The zero-order valence-corrected chi connectivity index (χ0v) is 15.9. The number of hydrogen-bond acceptors (Lipinski definition) is 4. The molecule has 1 aromatic carbocycles.